The molecule has 0 radical (unpaired) electrons. The fourth-order valence-electron chi connectivity index (χ4n) is 2.68. The first-order chi connectivity index (χ1) is 6.33. The van der Waals surface area contributed by atoms with Crippen molar-refractivity contribution in [3.63, 3.8) is 0 Å². The zero-order valence-electron chi connectivity index (χ0n) is 9.52. The molecule has 0 heteroatoms. The molecule has 1 aliphatic rings. The Bertz CT molecular complexity index is 117. The molecule has 0 unspecified atom stereocenters. The molecule has 78 valence electrons. The molecule has 1 saturated carbocycles. The van der Waals surface area contributed by atoms with Crippen LogP contribution in [0, 0.1) is 11.8 Å². The van der Waals surface area contributed by atoms with Gasteiger partial charge in [-0.15, -0.1) is 0 Å². The maximum absolute atomic E-state index is 2.43. The molecular formula is C13H26. The number of rotatable bonds is 5. The van der Waals surface area contributed by atoms with E-state index in [-0.39, 0.29) is 0 Å². The Morgan fingerprint density at radius 1 is 1.08 bits per heavy atom. The van der Waals surface area contributed by atoms with Gasteiger partial charge in [0.05, 0.1) is 0 Å². The molecule has 0 aromatic heterocycles. The molecule has 2 atom stereocenters. The predicted molar refractivity (Wildman–Crippen MR) is 59.9 cm³/mol. The third-order valence-corrected chi connectivity index (χ3v) is 3.51. The van der Waals surface area contributed by atoms with Gasteiger partial charge in [-0.3, -0.25) is 0 Å². The smallest absolute Gasteiger partial charge is 0.0412 e. The van der Waals surface area contributed by atoms with Crippen molar-refractivity contribution in [2.75, 3.05) is 0 Å². The van der Waals surface area contributed by atoms with Crippen LogP contribution >= 0.6 is 0 Å². The van der Waals surface area contributed by atoms with Gasteiger partial charge < -0.3 is 0 Å². The molecule has 0 aromatic carbocycles. The van der Waals surface area contributed by atoms with Crippen molar-refractivity contribution >= 4 is 0 Å². The van der Waals surface area contributed by atoms with E-state index in [0.717, 1.165) is 11.8 Å². The highest BCUT2D eigenvalue weighted by Crippen LogP contribution is 2.31. The van der Waals surface area contributed by atoms with Gasteiger partial charge >= 0.3 is 0 Å². The van der Waals surface area contributed by atoms with Crippen molar-refractivity contribution in [3.8, 4) is 0 Å². The molecule has 0 spiro atoms. The van der Waals surface area contributed by atoms with E-state index in [0.29, 0.717) is 0 Å². The summed E-state index contributed by atoms with van der Waals surface area (Å²) in [4.78, 5) is 0. The third-order valence-electron chi connectivity index (χ3n) is 3.51. The van der Waals surface area contributed by atoms with Gasteiger partial charge in [-0.05, 0) is 18.3 Å². The maximum Gasteiger partial charge on any atom is -0.0412 e. The molecule has 0 nitrogen and oxygen atoms in total. The van der Waals surface area contributed by atoms with E-state index in [2.05, 4.69) is 13.8 Å². The first-order valence-electron chi connectivity index (χ1n) is 6.33. The van der Waals surface area contributed by atoms with Crippen LogP contribution in [0.2, 0.25) is 0 Å². The lowest BCUT2D eigenvalue weighted by Gasteiger charge is -2.26. The Morgan fingerprint density at radius 3 is 2.62 bits per heavy atom. The monoisotopic (exact) mass is 182 g/mol. The molecule has 1 rings (SSSR count). The lowest BCUT2D eigenvalue weighted by atomic mass is 9.80. The summed E-state index contributed by atoms with van der Waals surface area (Å²) in [6.07, 6.45) is 13.3. The molecule has 0 aliphatic heterocycles. The van der Waals surface area contributed by atoms with Crippen molar-refractivity contribution in [3.05, 3.63) is 0 Å². The van der Waals surface area contributed by atoms with E-state index in [9.17, 15) is 0 Å². The molecule has 0 amide bonds. The zero-order chi connectivity index (χ0) is 9.52. The summed E-state index contributed by atoms with van der Waals surface area (Å²) >= 11 is 0. The second kappa shape index (κ2) is 6.45. The highest BCUT2D eigenvalue weighted by Gasteiger charge is 2.17. The predicted octanol–water partition coefficient (Wildman–Crippen LogP) is 4.78. The summed E-state index contributed by atoms with van der Waals surface area (Å²) in [6, 6.07) is 0. The molecule has 0 aromatic rings. The fourth-order valence-corrected chi connectivity index (χ4v) is 2.68. The van der Waals surface area contributed by atoms with Gasteiger partial charge in [0.2, 0.25) is 0 Å². The summed E-state index contributed by atoms with van der Waals surface area (Å²) in [5, 5.41) is 0. The highest BCUT2D eigenvalue weighted by atomic mass is 14.2. The van der Waals surface area contributed by atoms with Crippen LogP contribution in [0.4, 0.5) is 0 Å². The van der Waals surface area contributed by atoms with Crippen LogP contribution < -0.4 is 0 Å². The second-order valence-corrected chi connectivity index (χ2v) is 4.99. The molecular weight excluding hydrogens is 156 g/mol. The molecule has 0 N–H and O–H groups in total. The number of hydrogen-bond donors (Lipinski definition) is 0. The van der Waals surface area contributed by atoms with E-state index < -0.39 is 0 Å². The summed E-state index contributed by atoms with van der Waals surface area (Å²) in [5.74, 6) is 2.10. The Kier molecular flexibility index (Phi) is 5.50. The Labute approximate surface area is 84.1 Å². The summed E-state index contributed by atoms with van der Waals surface area (Å²) < 4.78 is 0. The van der Waals surface area contributed by atoms with E-state index >= 15 is 0 Å². The van der Waals surface area contributed by atoms with Gasteiger partial charge in [0.1, 0.15) is 0 Å². The summed E-state index contributed by atoms with van der Waals surface area (Å²) in [6.45, 7) is 4.72. The van der Waals surface area contributed by atoms with E-state index in [1.807, 2.05) is 0 Å². The molecule has 1 aliphatic carbocycles. The van der Waals surface area contributed by atoms with Crippen LogP contribution in [0.5, 0.6) is 0 Å². The van der Waals surface area contributed by atoms with Crippen LogP contribution in [0.15, 0.2) is 0 Å². The average Bonchev–Trinajstić information content (AvgIpc) is 2.13. The molecule has 0 heterocycles. The summed E-state index contributed by atoms with van der Waals surface area (Å²) in [5.41, 5.74) is 0. The van der Waals surface area contributed by atoms with Gasteiger partial charge in [0.25, 0.3) is 0 Å². The zero-order valence-corrected chi connectivity index (χ0v) is 9.52. The van der Waals surface area contributed by atoms with Crippen molar-refractivity contribution in [2.24, 2.45) is 11.8 Å². The van der Waals surface area contributed by atoms with E-state index in [1.165, 1.54) is 57.8 Å². The van der Waals surface area contributed by atoms with Crippen LogP contribution in [0.1, 0.15) is 71.6 Å². The second-order valence-electron chi connectivity index (χ2n) is 4.99. The minimum Gasteiger partial charge on any atom is -0.0654 e. The minimum atomic E-state index is 1.02. The number of unbranched alkanes of at least 4 members (excludes halogenated alkanes) is 3. The van der Waals surface area contributed by atoms with E-state index in [4.69, 9.17) is 0 Å². The molecule has 0 bridgehead atoms. The maximum atomic E-state index is 2.43. The van der Waals surface area contributed by atoms with Crippen molar-refractivity contribution in [1.82, 2.24) is 0 Å². The summed E-state index contributed by atoms with van der Waals surface area (Å²) in [7, 11) is 0. The Balaban J connectivity index is 2.00. The molecule has 13 heavy (non-hydrogen) atoms. The number of hydrogen-bond acceptors (Lipinski definition) is 0. The molecule has 1 fully saturated rings. The Morgan fingerprint density at radius 2 is 1.92 bits per heavy atom. The average molecular weight is 182 g/mol. The van der Waals surface area contributed by atoms with Crippen molar-refractivity contribution in [1.29, 1.82) is 0 Å². The SMILES string of the molecule is CCCCCC[C@@H]1CCC[C@H](C)C1. The fraction of sp³-hybridized carbons (Fsp3) is 1.00. The lowest BCUT2D eigenvalue weighted by Crippen LogP contribution is -2.12. The van der Waals surface area contributed by atoms with Crippen LogP contribution in [-0.2, 0) is 0 Å². The van der Waals surface area contributed by atoms with Gasteiger partial charge in [-0.1, -0.05) is 65.2 Å². The minimum absolute atomic E-state index is 1.02. The van der Waals surface area contributed by atoms with Gasteiger partial charge in [0, 0.05) is 0 Å². The largest absolute Gasteiger partial charge is 0.0654 e. The van der Waals surface area contributed by atoms with Crippen molar-refractivity contribution < 1.29 is 0 Å². The van der Waals surface area contributed by atoms with Crippen LogP contribution in [0.25, 0.3) is 0 Å². The first-order valence-corrected chi connectivity index (χ1v) is 6.33. The Hall–Kier alpha value is 0. The highest BCUT2D eigenvalue weighted by molar-refractivity contribution is 4.70. The first kappa shape index (κ1) is 11.1. The van der Waals surface area contributed by atoms with Crippen LogP contribution in [-0.4, -0.2) is 0 Å². The van der Waals surface area contributed by atoms with Gasteiger partial charge in [-0.25, -0.2) is 0 Å². The third kappa shape index (κ3) is 4.69. The topological polar surface area (TPSA) is 0 Å². The van der Waals surface area contributed by atoms with Crippen LogP contribution in [0.3, 0.4) is 0 Å². The standard InChI is InChI=1S/C13H26/c1-3-4-5-6-9-13-10-7-8-12(2)11-13/h12-13H,3-11H2,1-2H3/t12-,13+/m0/s1. The molecule has 0 saturated heterocycles. The van der Waals surface area contributed by atoms with E-state index in [1.54, 1.807) is 0 Å². The normalized spacial score (nSPS) is 29.1. The lowest BCUT2D eigenvalue weighted by molar-refractivity contribution is 0.264. The van der Waals surface area contributed by atoms with Gasteiger partial charge in [-0.2, -0.15) is 0 Å². The van der Waals surface area contributed by atoms with Crippen molar-refractivity contribution in [2.45, 2.75) is 71.6 Å². The quantitative estimate of drug-likeness (QED) is 0.537. The van der Waals surface area contributed by atoms with Gasteiger partial charge in [0.15, 0.2) is 0 Å².